The summed E-state index contributed by atoms with van der Waals surface area (Å²) in [6.07, 6.45) is 2.65. The standard InChI is InChI=1S/C23H18Br2N4O4/c24-13-1-3-18-16(10-13)20(11-27-18)29-12-17(15-9-14(25)2-4-19(15)29)21(30)22(31)33-23(32)28-7-5-26-6-8-28/h1-4,9-12,26-27H,5-8H2. The normalized spacial score (nSPS) is 14.1. The SMILES string of the molecule is O=C(OC(=O)N1CCNCC1)C(=O)c1cn(-c2c[nH]c3ccc(Br)cc23)c2ccc(Br)cc12. The molecule has 1 fully saturated rings. The largest absolute Gasteiger partial charge is 0.417 e. The van der Waals surface area contributed by atoms with Gasteiger partial charge in [0.25, 0.3) is 5.78 Å². The lowest BCUT2D eigenvalue weighted by Crippen LogP contribution is -2.47. The van der Waals surface area contributed by atoms with E-state index in [-0.39, 0.29) is 5.56 Å². The summed E-state index contributed by atoms with van der Waals surface area (Å²) < 4.78 is 8.44. The van der Waals surface area contributed by atoms with Crippen molar-refractivity contribution in [3.63, 3.8) is 0 Å². The third-order valence-electron chi connectivity index (χ3n) is 5.63. The molecule has 0 atom stereocenters. The van der Waals surface area contributed by atoms with Gasteiger partial charge < -0.3 is 24.5 Å². The van der Waals surface area contributed by atoms with Crippen molar-refractivity contribution in [3.05, 3.63) is 63.3 Å². The molecule has 1 saturated heterocycles. The number of benzene rings is 2. The molecule has 0 radical (unpaired) electrons. The minimum atomic E-state index is -1.20. The molecular formula is C23H18Br2N4O4. The van der Waals surface area contributed by atoms with E-state index < -0.39 is 17.8 Å². The zero-order chi connectivity index (χ0) is 23.1. The number of H-pyrrole nitrogens is 1. The number of halogens is 2. The summed E-state index contributed by atoms with van der Waals surface area (Å²) in [7, 11) is 0. The Bertz CT molecular complexity index is 1420. The minimum absolute atomic E-state index is 0.161. The second-order valence-corrected chi connectivity index (χ2v) is 9.49. The molecule has 2 aromatic carbocycles. The maximum absolute atomic E-state index is 13.1. The molecule has 2 N–H and O–H groups in total. The van der Waals surface area contributed by atoms with Crippen molar-refractivity contribution < 1.29 is 19.1 Å². The number of aromatic amines is 1. The number of nitrogens with one attached hydrogen (secondary N) is 2. The van der Waals surface area contributed by atoms with Gasteiger partial charge >= 0.3 is 12.1 Å². The number of esters is 1. The molecule has 10 heteroatoms. The number of Topliss-reactive ketones (excluding diaryl/α,β-unsaturated/α-hetero) is 1. The first kappa shape index (κ1) is 21.9. The third-order valence-corrected chi connectivity index (χ3v) is 6.62. The van der Waals surface area contributed by atoms with Gasteiger partial charge in [0.2, 0.25) is 0 Å². The van der Waals surface area contributed by atoms with E-state index in [0.29, 0.717) is 31.6 Å². The number of rotatable bonds is 3. The van der Waals surface area contributed by atoms with Gasteiger partial charge in [-0.25, -0.2) is 9.59 Å². The Morgan fingerprint density at radius 2 is 1.64 bits per heavy atom. The first-order valence-electron chi connectivity index (χ1n) is 10.3. The number of amides is 1. The van der Waals surface area contributed by atoms with Crippen molar-refractivity contribution in [2.45, 2.75) is 0 Å². The third kappa shape index (κ3) is 4.09. The Kier molecular flexibility index (Phi) is 5.81. The van der Waals surface area contributed by atoms with Crippen molar-refractivity contribution in [1.82, 2.24) is 19.8 Å². The number of carbonyl (C=O) groups excluding carboxylic acids is 3. The number of ketones is 1. The van der Waals surface area contributed by atoms with Crippen LogP contribution in [0.1, 0.15) is 10.4 Å². The molecule has 1 aliphatic rings. The van der Waals surface area contributed by atoms with Gasteiger partial charge in [0.1, 0.15) is 0 Å². The van der Waals surface area contributed by atoms with E-state index in [1.807, 2.05) is 41.1 Å². The zero-order valence-electron chi connectivity index (χ0n) is 17.2. The van der Waals surface area contributed by atoms with Crippen molar-refractivity contribution in [2.24, 2.45) is 0 Å². The Morgan fingerprint density at radius 1 is 0.939 bits per heavy atom. The fourth-order valence-electron chi connectivity index (χ4n) is 4.01. The summed E-state index contributed by atoms with van der Waals surface area (Å²) in [5.41, 5.74) is 2.65. The maximum atomic E-state index is 13.1. The fraction of sp³-hybridized carbons (Fsp3) is 0.174. The summed E-state index contributed by atoms with van der Waals surface area (Å²) in [5.74, 6) is -2.07. The monoisotopic (exact) mass is 572 g/mol. The molecule has 168 valence electrons. The summed E-state index contributed by atoms with van der Waals surface area (Å²) >= 11 is 6.94. The average molecular weight is 574 g/mol. The maximum Gasteiger partial charge on any atom is 0.417 e. The van der Waals surface area contributed by atoms with Crippen LogP contribution < -0.4 is 5.32 Å². The van der Waals surface area contributed by atoms with Crippen LogP contribution in [0, 0.1) is 0 Å². The predicted molar refractivity (Wildman–Crippen MR) is 131 cm³/mol. The minimum Gasteiger partial charge on any atom is -0.370 e. The topological polar surface area (TPSA) is 96.4 Å². The highest BCUT2D eigenvalue weighted by Crippen LogP contribution is 2.32. The molecule has 1 aliphatic heterocycles. The smallest absolute Gasteiger partial charge is 0.370 e. The zero-order valence-corrected chi connectivity index (χ0v) is 20.4. The first-order valence-corrected chi connectivity index (χ1v) is 11.8. The molecule has 4 aromatic rings. The molecule has 3 heterocycles. The highest BCUT2D eigenvalue weighted by Gasteiger charge is 2.28. The summed E-state index contributed by atoms with van der Waals surface area (Å²) in [6, 6.07) is 11.4. The summed E-state index contributed by atoms with van der Waals surface area (Å²) in [5, 5.41) is 4.63. The molecule has 0 bridgehead atoms. The van der Waals surface area contributed by atoms with Crippen molar-refractivity contribution in [3.8, 4) is 5.69 Å². The van der Waals surface area contributed by atoms with Crippen molar-refractivity contribution in [1.29, 1.82) is 0 Å². The molecular weight excluding hydrogens is 556 g/mol. The molecule has 2 aromatic heterocycles. The Morgan fingerprint density at radius 3 is 2.39 bits per heavy atom. The van der Waals surface area contributed by atoms with Crippen LogP contribution in [0.15, 0.2) is 57.7 Å². The fourth-order valence-corrected chi connectivity index (χ4v) is 4.73. The highest BCUT2D eigenvalue weighted by atomic mass is 79.9. The number of aromatic nitrogens is 2. The predicted octanol–water partition coefficient (Wildman–Crippen LogP) is 4.39. The average Bonchev–Trinajstić information content (AvgIpc) is 3.39. The van der Waals surface area contributed by atoms with Crippen LogP contribution in [0.25, 0.3) is 27.5 Å². The van der Waals surface area contributed by atoms with E-state index in [9.17, 15) is 14.4 Å². The molecule has 0 unspecified atom stereocenters. The molecule has 33 heavy (non-hydrogen) atoms. The van der Waals surface area contributed by atoms with Crippen molar-refractivity contribution in [2.75, 3.05) is 26.2 Å². The van der Waals surface area contributed by atoms with Gasteiger partial charge in [-0.05, 0) is 36.4 Å². The number of piperazine rings is 1. The molecule has 1 amide bonds. The van der Waals surface area contributed by atoms with E-state index in [1.165, 1.54) is 4.90 Å². The van der Waals surface area contributed by atoms with Gasteiger partial charge in [-0.3, -0.25) is 4.79 Å². The van der Waals surface area contributed by atoms with Gasteiger partial charge in [0.15, 0.2) is 0 Å². The molecule has 5 rings (SSSR count). The first-order chi connectivity index (χ1) is 15.9. The Balaban J connectivity index is 1.54. The Hall–Kier alpha value is -2.95. The van der Waals surface area contributed by atoms with Crippen LogP contribution >= 0.6 is 31.9 Å². The number of hydrogen-bond donors (Lipinski definition) is 2. The van der Waals surface area contributed by atoms with Crippen LogP contribution in [0.5, 0.6) is 0 Å². The van der Waals surface area contributed by atoms with Gasteiger partial charge in [-0.2, -0.15) is 0 Å². The molecule has 8 nitrogen and oxygen atoms in total. The van der Waals surface area contributed by atoms with Crippen LogP contribution in [0.3, 0.4) is 0 Å². The van der Waals surface area contributed by atoms with Gasteiger partial charge in [0.05, 0.1) is 16.8 Å². The van der Waals surface area contributed by atoms with E-state index >= 15 is 0 Å². The van der Waals surface area contributed by atoms with E-state index in [0.717, 1.165) is 31.1 Å². The highest BCUT2D eigenvalue weighted by molar-refractivity contribution is 9.10. The summed E-state index contributed by atoms with van der Waals surface area (Å²) in [6.45, 7) is 2.06. The number of nitrogens with zero attached hydrogens (tertiary/aromatic N) is 2. The van der Waals surface area contributed by atoms with E-state index in [1.54, 1.807) is 12.3 Å². The van der Waals surface area contributed by atoms with Crippen LogP contribution in [-0.2, 0) is 9.53 Å². The number of fused-ring (bicyclic) bond motifs is 2. The number of carbonyl (C=O) groups is 3. The quantitative estimate of drug-likeness (QED) is 0.164. The van der Waals surface area contributed by atoms with E-state index in [4.69, 9.17) is 4.74 Å². The van der Waals surface area contributed by atoms with Gasteiger partial charge in [0, 0.05) is 63.8 Å². The number of hydrogen-bond acceptors (Lipinski definition) is 5. The molecule has 0 saturated carbocycles. The lowest BCUT2D eigenvalue weighted by molar-refractivity contribution is -0.133. The Labute approximate surface area is 205 Å². The second kappa shape index (κ2) is 8.77. The van der Waals surface area contributed by atoms with Crippen molar-refractivity contribution >= 4 is 71.5 Å². The van der Waals surface area contributed by atoms with Crippen LogP contribution in [-0.4, -0.2) is 58.5 Å². The molecule has 0 spiro atoms. The van der Waals surface area contributed by atoms with Crippen LogP contribution in [0.2, 0.25) is 0 Å². The lowest BCUT2D eigenvalue weighted by Gasteiger charge is -2.25. The lowest BCUT2D eigenvalue weighted by atomic mass is 10.1. The van der Waals surface area contributed by atoms with Gasteiger partial charge in [-0.15, -0.1) is 0 Å². The number of ether oxygens (including phenoxy) is 1. The van der Waals surface area contributed by atoms with Gasteiger partial charge in [-0.1, -0.05) is 31.9 Å². The van der Waals surface area contributed by atoms with Crippen LogP contribution in [0.4, 0.5) is 4.79 Å². The molecule has 0 aliphatic carbocycles. The summed E-state index contributed by atoms with van der Waals surface area (Å²) in [4.78, 5) is 42.6. The second-order valence-electron chi connectivity index (χ2n) is 7.66. The van der Waals surface area contributed by atoms with E-state index in [2.05, 4.69) is 42.2 Å².